The van der Waals surface area contributed by atoms with Gasteiger partial charge in [-0.25, -0.2) is 9.59 Å². The van der Waals surface area contributed by atoms with Crippen molar-refractivity contribution in [2.45, 2.75) is 45.3 Å². The van der Waals surface area contributed by atoms with Gasteiger partial charge in [0.1, 0.15) is 6.04 Å². The molecule has 0 aliphatic heterocycles. The molecule has 0 aromatic carbocycles. The highest BCUT2D eigenvalue weighted by atomic mass is 16.5. The minimum absolute atomic E-state index is 0.0487. The maximum Gasteiger partial charge on any atom is 0.326 e. The van der Waals surface area contributed by atoms with Crippen LogP contribution in [0.1, 0.15) is 33.6 Å². The molecule has 0 heterocycles. The van der Waals surface area contributed by atoms with E-state index < -0.39 is 29.6 Å². The minimum Gasteiger partial charge on any atom is -0.480 e. The Bertz CT molecular complexity index is 357. The molecule has 8 nitrogen and oxygen atoms in total. The Kier molecular flexibility index (Phi) is 7.60. The van der Waals surface area contributed by atoms with Gasteiger partial charge < -0.3 is 26.2 Å². The zero-order valence-corrected chi connectivity index (χ0v) is 12.1. The van der Waals surface area contributed by atoms with Crippen molar-refractivity contribution in [3.05, 3.63) is 0 Å². The van der Waals surface area contributed by atoms with Crippen LogP contribution in [-0.4, -0.2) is 47.8 Å². The highest BCUT2D eigenvalue weighted by molar-refractivity contribution is 5.83. The number of hydrogen-bond donors (Lipinski definition) is 4. The quantitative estimate of drug-likeness (QED) is 0.467. The first kappa shape index (κ1) is 18.2. The SMILES string of the molecule is CCOC(C)(C)CNC(=O)NC(CCC(N)=O)C(=O)O. The van der Waals surface area contributed by atoms with Crippen molar-refractivity contribution >= 4 is 17.9 Å². The Hall–Kier alpha value is -1.83. The minimum atomic E-state index is -1.22. The molecule has 0 bridgehead atoms. The lowest BCUT2D eigenvalue weighted by atomic mass is 10.1. The first-order chi connectivity index (χ1) is 9.18. The molecule has 0 aromatic rings. The third-order valence-electron chi connectivity index (χ3n) is 2.49. The van der Waals surface area contributed by atoms with Crippen molar-refractivity contribution in [2.75, 3.05) is 13.2 Å². The number of aliphatic carboxylic acids is 1. The van der Waals surface area contributed by atoms with Crippen LogP contribution in [0.4, 0.5) is 4.79 Å². The second-order valence-corrected chi connectivity index (χ2v) is 4.92. The van der Waals surface area contributed by atoms with Gasteiger partial charge in [0, 0.05) is 19.6 Å². The Labute approximate surface area is 118 Å². The summed E-state index contributed by atoms with van der Waals surface area (Å²) in [7, 11) is 0. The van der Waals surface area contributed by atoms with E-state index in [0.717, 1.165) is 0 Å². The van der Waals surface area contributed by atoms with E-state index >= 15 is 0 Å². The van der Waals surface area contributed by atoms with E-state index in [9.17, 15) is 14.4 Å². The summed E-state index contributed by atoms with van der Waals surface area (Å²) in [4.78, 5) is 33.2. The van der Waals surface area contributed by atoms with E-state index in [2.05, 4.69) is 10.6 Å². The number of carbonyl (C=O) groups is 3. The summed E-state index contributed by atoms with van der Waals surface area (Å²) in [5.41, 5.74) is 4.40. The van der Waals surface area contributed by atoms with Crippen LogP contribution in [0.15, 0.2) is 0 Å². The third kappa shape index (κ3) is 8.30. The molecule has 3 amide bonds. The number of ether oxygens (including phenoxy) is 1. The van der Waals surface area contributed by atoms with Gasteiger partial charge in [-0.15, -0.1) is 0 Å². The topological polar surface area (TPSA) is 131 Å². The molecular formula is C12H23N3O5. The predicted octanol–water partition coefficient (Wildman–Crippen LogP) is -0.181. The smallest absolute Gasteiger partial charge is 0.326 e. The Morgan fingerprint density at radius 2 is 1.95 bits per heavy atom. The third-order valence-corrected chi connectivity index (χ3v) is 2.49. The van der Waals surface area contributed by atoms with Gasteiger partial charge in [0.05, 0.1) is 5.60 Å². The van der Waals surface area contributed by atoms with Crippen molar-refractivity contribution in [3.63, 3.8) is 0 Å². The van der Waals surface area contributed by atoms with Crippen LogP contribution in [0.3, 0.4) is 0 Å². The fraction of sp³-hybridized carbons (Fsp3) is 0.750. The van der Waals surface area contributed by atoms with Crippen LogP contribution in [-0.2, 0) is 14.3 Å². The van der Waals surface area contributed by atoms with Crippen LogP contribution < -0.4 is 16.4 Å². The average molecular weight is 289 g/mol. The highest BCUT2D eigenvalue weighted by Crippen LogP contribution is 2.06. The van der Waals surface area contributed by atoms with Crippen LogP contribution in [0, 0.1) is 0 Å². The zero-order valence-electron chi connectivity index (χ0n) is 12.1. The van der Waals surface area contributed by atoms with Gasteiger partial charge in [0.25, 0.3) is 0 Å². The standard InChI is InChI=1S/C12H23N3O5/c1-4-20-12(2,3)7-14-11(19)15-8(10(17)18)5-6-9(13)16/h8H,4-7H2,1-3H3,(H2,13,16)(H,17,18)(H2,14,15,19). The zero-order chi connectivity index (χ0) is 15.8. The molecule has 0 aromatic heterocycles. The molecule has 0 saturated carbocycles. The van der Waals surface area contributed by atoms with Crippen molar-refractivity contribution in [2.24, 2.45) is 5.73 Å². The Morgan fingerprint density at radius 3 is 2.40 bits per heavy atom. The first-order valence-electron chi connectivity index (χ1n) is 6.37. The number of carbonyl (C=O) groups excluding carboxylic acids is 2. The van der Waals surface area contributed by atoms with Crippen molar-refractivity contribution in [1.82, 2.24) is 10.6 Å². The molecule has 5 N–H and O–H groups in total. The Morgan fingerprint density at radius 1 is 1.35 bits per heavy atom. The largest absolute Gasteiger partial charge is 0.480 e. The van der Waals surface area contributed by atoms with Gasteiger partial charge >= 0.3 is 12.0 Å². The van der Waals surface area contributed by atoms with Crippen LogP contribution >= 0.6 is 0 Å². The number of hydrogen-bond acceptors (Lipinski definition) is 4. The maximum absolute atomic E-state index is 11.6. The van der Waals surface area contributed by atoms with Crippen LogP contribution in [0.2, 0.25) is 0 Å². The van der Waals surface area contributed by atoms with Gasteiger partial charge in [-0.1, -0.05) is 0 Å². The van der Waals surface area contributed by atoms with E-state index in [0.29, 0.717) is 6.61 Å². The molecule has 0 radical (unpaired) electrons. The molecule has 0 aliphatic carbocycles. The summed E-state index contributed by atoms with van der Waals surface area (Å²) in [5.74, 6) is -1.83. The number of primary amides is 1. The van der Waals surface area contributed by atoms with E-state index in [1.165, 1.54) is 0 Å². The van der Waals surface area contributed by atoms with Gasteiger partial charge in [-0.2, -0.15) is 0 Å². The number of rotatable bonds is 9. The maximum atomic E-state index is 11.6. The number of urea groups is 1. The highest BCUT2D eigenvalue weighted by Gasteiger charge is 2.22. The molecule has 8 heteroatoms. The normalized spacial score (nSPS) is 12.6. The number of nitrogens with two attached hydrogens (primary N) is 1. The fourth-order valence-electron chi connectivity index (χ4n) is 1.49. The van der Waals surface area contributed by atoms with Gasteiger partial charge in [0.2, 0.25) is 5.91 Å². The number of nitrogens with one attached hydrogen (secondary N) is 2. The van der Waals surface area contributed by atoms with E-state index in [1.54, 1.807) is 13.8 Å². The fourth-order valence-corrected chi connectivity index (χ4v) is 1.49. The second kappa shape index (κ2) is 8.36. The summed E-state index contributed by atoms with van der Waals surface area (Å²) in [5, 5.41) is 13.7. The summed E-state index contributed by atoms with van der Waals surface area (Å²) in [6.07, 6.45) is -0.158. The summed E-state index contributed by atoms with van der Waals surface area (Å²) < 4.78 is 5.39. The molecule has 0 aliphatic rings. The summed E-state index contributed by atoms with van der Waals surface area (Å²) in [6, 6.07) is -1.78. The van der Waals surface area contributed by atoms with E-state index in [1.807, 2.05) is 6.92 Å². The van der Waals surface area contributed by atoms with Crippen LogP contribution in [0.5, 0.6) is 0 Å². The van der Waals surface area contributed by atoms with E-state index in [4.69, 9.17) is 15.6 Å². The number of carboxylic acids is 1. The molecule has 0 spiro atoms. The van der Waals surface area contributed by atoms with Crippen molar-refractivity contribution in [1.29, 1.82) is 0 Å². The second-order valence-electron chi connectivity index (χ2n) is 4.92. The van der Waals surface area contributed by atoms with Crippen LogP contribution in [0.25, 0.3) is 0 Å². The van der Waals surface area contributed by atoms with Gasteiger partial charge in [-0.05, 0) is 27.2 Å². The Balaban J connectivity index is 4.26. The lowest BCUT2D eigenvalue weighted by Crippen LogP contribution is -2.50. The van der Waals surface area contributed by atoms with Gasteiger partial charge in [-0.3, -0.25) is 4.79 Å². The molecule has 0 fully saturated rings. The molecule has 0 saturated heterocycles. The molecule has 1 unspecified atom stereocenters. The van der Waals surface area contributed by atoms with Crippen molar-refractivity contribution < 1.29 is 24.2 Å². The summed E-state index contributed by atoms with van der Waals surface area (Å²) >= 11 is 0. The van der Waals surface area contributed by atoms with E-state index in [-0.39, 0.29) is 19.4 Å². The number of carboxylic acid groups (broad SMARTS) is 1. The number of amides is 3. The molecule has 116 valence electrons. The predicted molar refractivity (Wildman–Crippen MR) is 72.1 cm³/mol. The monoisotopic (exact) mass is 289 g/mol. The summed E-state index contributed by atoms with van der Waals surface area (Å²) in [6.45, 7) is 6.19. The first-order valence-corrected chi connectivity index (χ1v) is 6.37. The lowest BCUT2D eigenvalue weighted by molar-refractivity contribution is -0.139. The lowest BCUT2D eigenvalue weighted by Gasteiger charge is -2.25. The van der Waals surface area contributed by atoms with Gasteiger partial charge in [0.15, 0.2) is 0 Å². The molecule has 1 atom stereocenters. The molecular weight excluding hydrogens is 266 g/mol. The molecule has 20 heavy (non-hydrogen) atoms. The molecule has 0 rings (SSSR count). The van der Waals surface area contributed by atoms with Crippen molar-refractivity contribution in [3.8, 4) is 0 Å². The average Bonchev–Trinajstić information content (AvgIpc) is 2.31.